The summed E-state index contributed by atoms with van der Waals surface area (Å²) in [4.78, 5) is 9.94. The fraction of sp³-hybridized carbons (Fsp3) is 0.0909. The number of nitrogens with zero attached hydrogens (tertiary/aromatic N) is 1. The van der Waals surface area contributed by atoms with Crippen molar-refractivity contribution < 1.29 is 13.6 Å². The van der Waals surface area contributed by atoms with Crippen molar-refractivity contribution in [3.05, 3.63) is 34.9 Å². The first-order valence-electron chi connectivity index (χ1n) is 4.00. The van der Waals surface area contributed by atoms with Crippen LogP contribution < -0.4 is 0 Å². The molecule has 4 heteroatoms. The molecule has 0 spiro atoms. The van der Waals surface area contributed by atoms with Crippen molar-refractivity contribution in [3.63, 3.8) is 0 Å². The fourth-order valence-electron chi connectivity index (χ4n) is 0.947. The van der Waals surface area contributed by atoms with Gasteiger partial charge in [-0.3, -0.25) is 0 Å². The van der Waals surface area contributed by atoms with E-state index in [4.69, 9.17) is 5.26 Å². The molecule has 74 valence electrons. The van der Waals surface area contributed by atoms with Crippen molar-refractivity contribution >= 4 is 6.29 Å². The van der Waals surface area contributed by atoms with E-state index in [1.54, 1.807) is 0 Å². The molecule has 0 radical (unpaired) electrons. The zero-order valence-electron chi connectivity index (χ0n) is 7.55. The maximum atomic E-state index is 13.0. The van der Waals surface area contributed by atoms with E-state index in [-0.39, 0.29) is 12.0 Å². The summed E-state index contributed by atoms with van der Waals surface area (Å²) in [5.41, 5.74) is -0.526. The van der Waals surface area contributed by atoms with Gasteiger partial charge in [0.15, 0.2) is 0 Å². The molecule has 2 nitrogen and oxygen atoms in total. The summed E-state index contributed by atoms with van der Waals surface area (Å²) in [5.74, 6) is 2.91. The van der Waals surface area contributed by atoms with Crippen LogP contribution in [0.4, 0.5) is 8.78 Å². The second-order valence-electron chi connectivity index (χ2n) is 2.60. The summed E-state index contributed by atoms with van der Waals surface area (Å²) >= 11 is 0. The van der Waals surface area contributed by atoms with Gasteiger partial charge in [0.05, 0.1) is 6.42 Å². The van der Waals surface area contributed by atoms with Crippen LogP contribution in [0.3, 0.4) is 0 Å². The number of carbonyl (C=O) groups is 1. The highest BCUT2D eigenvalue weighted by Gasteiger charge is 2.09. The molecule has 0 saturated carbocycles. The third-order valence-corrected chi connectivity index (χ3v) is 1.57. The standard InChI is InChI=1S/C11H5F2NO/c12-10-5-8(3-1-2-4-15)6-11(13)9(10)7-14/h4-6H,2H2. The molecule has 0 aliphatic rings. The van der Waals surface area contributed by atoms with Gasteiger partial charge < -0.3 is 4.79 Å². The molecular formula is C11H5F2NO. The van der Waals surface area contributed by atoms with Gasteiger partial charge in [-0.1, -0.05) is 11.8 Å². The van der Waals surface area contributed by atoms with Crippen LogP contribution in [-0.4, -0.2) is 6.29 Å². The Hall–Kier alpha value is -2.20. The zero-order valence-corrected chi connectivity index (χ0v) is 7.55. The van der Waals surface area contributed by atoms with Crippen LogP contribution in [0.5, 0.6) is 0 Å². The average molecular weight is 205 g/mol. The lowest BCUT2D eigenvalue weighted by Gasteiger charge is -1.96. The number of rotatable bonds is 1. The summed E-state index contributed by atoms with van der Waals surface area (Å²) < 4.78 is 26.0. The zero-order chi connectivity index (χ0) is 11.3. The van der Waals surface area contributed by atoms with E-state index in [0.717, 1.165) is 12.1 Å². The van der Waals surface area contributed by atoms with Crippen molar-refractivity contribution in [2.45, 2.75) is 6.42 Å². The Morgan fingerprint density at radius 1 is 1.33 bits per heavy atom. The third kappa shape index (κ3) is 2.62. The predicted octanol–water partition coefficient (Wildman–Crippen LogP) is 1.78. The largest absolute Gasteiger partial charge is 0.302 e. The number of nitriles is 1. The molecule has 0 bridgehead atoms. The van der Waals surface area contributed by atoms with Crippen LogP contribution >= 0.6 is 0 Å². The van der Waals surface area contributed by atoms with E-state index in [2.05, 4.69) is 11.8 Å². The predicted molar refractivity (Wildman–Crippen MR) is 48.6 cm³/mol. The number of halogens is 2. The van der Waals surface area contributed by atoms with E-state index >= 15 is 0 Å². The molecule has 0 fully saturated rings. The molecule has 0 aliphatic carbocycles. The first kappa shape index (κ1) is 10.9. The molecule has 1 aromatic carbocycles. The van der Waals surface area contributed by atoms with Gasteiger partial charge in [0.25, 0.3) is 0 Å². The molecule has 1 aromatic rings. The van der Waals surface area contributed by atoms with Gasteiger partial charge in [-0.25, -0.2) is 8.78 Å². The number of hydrogen-bond acceptors (Lipinski definition) is 2. The number of benzene rings is 1. The maximum absolute atomic E-state index is 13.0. The monoisotopic (exact) mass is 205 g/mol. The fourth-order valence-corrected chi connectivity index (χ4v) is 0.947. The van der Waals surface area contributed by atoms with Crippen molar-refractivity contribution in [1.82, 2.24) is 0 Å². The van der Waals surface area contributed by atoms with Gasteiger partial charge in [-0.15, -0.1) is 0 Å². The normalized spacial score (nSPS) is 8.60. The van der Waals surface area contributed by atoms with Gasteiger partial charge in [-0.2, -0.15) is 5.26 Å². The topological polar surface area (TPSA) is 40.9 Å². The Morgan fingerprint density at radius 3 is 2.40 bits per heavy atom. The lowest BCUT2D eigenvalue weighted by Crippen LogP contribution is -1.91. The molecule has 0 atom stereocenters. The van der Waals surface area contributed by atoms with Crippen molar-refractivity contribution in [2.24, 2.45) is 0 Å². The summed E-state index contributed by atoms with van der Waals surface area (Å²) in [5, 5.41) is 8.39. The van der Waals surface area contributed by atoms with Crippen molar-refractivity contribution in [2.75, 3.05) is 0 Å². The lowest BCUT2D eigenvalue weighted by atomic mass is 10.1. The molecular weight excluding hydrogens is 200 g/mol. The molecule has 0 unspecified atom stereocenters. The first-order chi connectivity index (χ1) is 7.19. The molecule has 0 N–H and O–H groups in total. The minimum Gasteiger partial charge on any atom is -0.302 e. The van der Waals surface area contributed by atoms with E-state index in [1.807, 2.05) is 0 Å². The third-order valence-electron chi connectivity index (χ3n) is 1.57. The SMILES string of the molecule is N#Cc1c(F)cc(C#CCC=O)cc1F. The minimum atomic E-state index is -0.951. The van der Waals surface area contributed by atoms with Crippen LogP contribution in [0, 0.1) is 34.8 Å². The smallest absolute Gasteiger partial charge is 0.145 e. The number of hydrogen-bond donors (Lipinski definition) is 0. The molecule has 0 aromatic heterocycles. The highest BCUT2D eigenvalue weighted by atomic mass is 19.1. The molecule has 0 heterocycles. The Bertz CT molecular complexity index is 469. The van der Waals surface area contributed by atoms with Crippen LogP contribution in [0.1, 0.15) is 17.5 Å². The minimum absolute atomic E-state index is 0.00321. The van der Waals surface area contributed by atoms with E-state index in [1.165, 1.54) is 6.07 Å². The maximum Gasteiger partial charge on any atom is 0.145 e. The van der Waals surface area contributed by atoms with Gasteiger partial charge in [-0.05, 0) is 12.1 Å². The average Bonchev–Trinajstić information content (AvgIpc) is 2.18. The van der Waals surface area contributed by atoms with Crippen LogP contribution in [-0.2, 0) is 4.79 Å². The number of carbonyl (C=O) groups excluding carboxylic acids is 1. The highest BCUT2D eigenvalue weighted by Crippen LogP contribution is 2.13. The van der Waals surface area contributed by atoms with Crippen molar-refractivity contribution in [3.8, 4) is 17.9 Å². The molecule has 1 rings (SSSR count). The van der Waals surface area contributed by atoms with Crippen LogP contribution in [0.15, 0.2) is 12.1 Å². The summed E-state index contributed by atoms with van der Waals surface area (Å²) in [6.07, 6.45) is 0.590. The van der Waals surface area contributed by atoms with E-state index in [0.29, 0.717) is 6.29 Å². The summed E-state index contributed by atoms with van der Waals surface area (Å²) in [6.45, 7) is 0. The summed E-state index contributed by atoms with van der Waals surface area (Å²) in [7, 11) is 0. The Morgan fingerprint density at radius 2 is 1.93 bits per heavy atom. The van der Waals surface area contributed by atoms with Gasteiger partial charge >= 0.3 is 0 Å². The molecule has 0 saturated heterocycles. The quantitative estimate of drug-likeness (QED) is 0.518. The Balaban J connectivity index is 3.12. The van der Waals surface area contributed by atoms with E-state index in [9.17, 15) is 13.6 Å². The lowest BCUT2D eigenvalue weighted by molar-refractivity contribution is -0.107. The molecule has 0 amide bonds. The van der Waals surface area contributed by atoms with Crippen LogP contribution in [0.25, 0.3) is 0 Å². The van der Waals surface area contributed by atoms with Gasteiger partial charge in [0.2, 0.25) is 0 Å². The van der Waals surface area contributed by atoms with Gasteiger partial charge in [0.1, 0.15) is 29.6 Å². The Labute approximate surface area is 85.1 Å². The number of aldehydes is 1. The highest BCUT2D eigenvalue weighted by molar-refractivity contribution is 5.55. The first-order valence-corrected chi connectivity index (χ1v) is 4.00. The van der Waals surface area contributed by atoms with E-state index < -0.39 is 17.2 Å². The second-order valence-corrected chi connectivity index (χ2v) is 2.60. The molecule has 15 heavy (non-hydrogen) atoms. The van der Waals surface area contributed by atoms with Gasteiger partial charge in [0, 0.05) is 5.56 Å². The second kappa shape index (κ2) is 4.88. The Kier molecular flexibility index (Phi) is 3.54. The van der Waals surface area contributed by atoms with Crippen molar-refractivity contribution in [1.29, 1.82) is 5.26 Å². The van der Waals surface area contributed by atoms with Crippen LogP contribution in [0.2, 0.25) is 0 Å². The summed E-state index contributed by atoms with van der Waals surface area (Å²) in [6, 6.07) is 3.32. The molecule has 0 aliphatic heterocycles.